The number of nitrogens with one attached hydrogen (secondary N) is 3. The molecule has 2 aromatic rings. The number of hydrogen-bond donors (Lipinski definition) is 3. The van der Waals surface area contributed by atoms with Gasteiger partial charge in [-0.2, -0.15) is 0 Å². The number of anilines is 1. The molecule has 3 amide bonds. The molecule has 0 radical (unpaired) electrons. The van der Waals surface area contributed by atoms with Crippen LogP contribution in [-0.2, 0) is 24.4 Å². The summed E-state index contributed by atoms with van der Waals surface area (Å²) in [6.07, 6.45) is 0. The van der Waals surface area contributed by atoms with E-state index in [1.54, 1.807) is 24.3 Å². The number of sulfonamides is 1. The summed E-state index contributed by atoms with van der Waals surface area (Å²) in [5, 5.41) is 4.92. The highest BCUT2D eigenvalue weighted by atomic mass is 32.2. The number of hydrogen-bond acceptors (Lipinski definition) is 6. The van der Waals surface area contributed by atoms with Crippen LogP contribution in [-0.4, -0.2) is 39.3 Å². The summed E-state index contributed by atoms with van der Waals surface area (Å²) in [5.41, 5.74) is 0.335. The maximum Gasteiger partial charge on any atom is 0.264 e. The van der Waals surface area contributed by atoms with Gasteiger partial charge in [-0.05, 0) is 36.4 Å². The van der Waals surface area contributed by atoms with Gasteiger partial charge in [-0.1, -0.05) is 18.2 Å². The average Bonchev–Trinajstić information content (AvgIpc) is 2.65. The number of ether oxygens (including phenoxy) is 1. The van der Waals surface area contributed by atoms with Crippen LogP contribution in [0, 0.1) is 0 Å². The lowest BCUT2D eigenvalue weighted by atomic mass is 10.3. The minimum atomic E-state index is -3.94. The second-order valence-corrected chi connectivity index (χ2v) is 7.30. The van der Waals surface area contributed by atoms with Gasteiger partial charge < -0.3 is 15.4 Å². The Labute approximate surface area is 162 Å². The van der Waals surface area contributed by atoms with Crippen molar-refractivity contribution in [1.29, 1.82) is 0 Å². The lowest BCUT2D eigenvalue weighted by Crippen LogP contribution is -2.35. The third-order valence-corrected chi connectivity index (χ3v) is 4.73. The molecule has 0 aliphatic heterocycles. The quantitative estimate of drug-likeness (QED) is 0.591. The Hall–Kier alpha value is -3.40. The Morgan fingerprint density at radius 1 is 0.929 bits per heavy atom. The van der Waals surface area contributed by atoms with Crippen LogP contribution in [0.25, 0.3) is 0 Å². The predicted octanol–water partition coefficient (Wildman–Crippen LogP) is 0.645. The molecule has 0 saturated heterocycles. The van der Waals surface area contributed by atoms with Crippen LogP contribution in [0.3, 0.4) is 0 Å². The molecule has 0 saturated carbocycles. The van der Waals surface area contributed by atoms with Crippen LogP contribution in [0.1, 0.15) is 6.92 Å². The van der Waals surface area contributed by atoms with Crippen LogP contribution < -0.4 is 20.1 Å². The minimum Gasteiger partial charge on any atom is -0.484 e. The van der Waals surface area contributed by atoms with Gasteiger partial charge in [0.05, 0.1) is 11.4 Å². The zero-order valence-corrected chi connectivity index (χ0v) is 15.8. The van der Waals surface area contributed by atoms with Gasteiger partial charge in [-0.15, -0.1) is 0 Å². The molecule has 148 valence electrons. The molecule has 0 spiro atoms. The SMILES string of the molecule is CC(=O)NS(=O)(=O)c1ccc(NC(=O)CNC(=O)COc2ccccc2)cc1. The predicted molar refractivity (Wildman–Crippen MR) is 101 cm³/mol. The first-order chi connectivity index (χ1) is 13.3. The van der Waals surface area contributed by atoms with Crippen molar-refractivity contribution in [2.24, 2.45) is 0 Å². The second kappa shape index (κ2) is 9.51. The Morgan fingerprint density at radius 3 is 2.18 bits per heavy atom. The van der Waals surface area contributed by atoms with E-state index in [0.29, 0.717) is 11.4 Å². The standard InChI is InChI=1S/C18H19N3O6S/c1-13(22)21-28(25,26)16-9-7-14(8-10-16)20-17(23)11-19-18(24)12-27-15-5-3-2-4-6-15/h2-10H,11-12H2,1H3,(H,19,24)(H,20,23)(H,21,22). The number of rotatable bonds is 8. The maximum atomic E-state index is 11.9. The number of para-hydroxylation sites is 1. The lowest BCUT2D eigenvalue weighted by Gasteiger charge is -2.09. The van der Waals surface area contributed by atoms with Gasteiger partial charge in [0.2, 0.25) is 11.8 Å². The maximum absolute atomic E-state index is 11.9. The van der Waals surface area contributed by atoms with Crippen molar-refractivity contribution >= 4 is 33.4 Å². The van der Waals surface area contributed by atoms with Gasteiger partial charge in [-0.25, -0.2) is 13.1 Å². The van der Waals surface area contributed by atoms with Gasteiger partial charge in [0.15, 0.2) is 6.61 Å². The van der Waals surface area contributed by atoms with E-state index in [1.807, 2.05) is 10.8 Å². The van der Waals surface area contributed by atoms with Crippen LogP contribution in [0.15, 0.2) is 59.5 Å². The molecule has 3 N–H and O–H groups in total. The zero-order chi connectivity index (χ0) is 20.6. The Bertz CT molecular complexity index is 943. The monoisotopic (exact) mass is 405 g/mol. The normalized spacial score (nSPS) is 10.6. The molecule has 10 heteroatoms. The molecule has 0 aliphatic carbocycles. The fourth-order valence-electron chi connectivity index (χ4n) is 2.07. The molecular formula is C18H19N3O6S. The van der Waals surface area contributed by atoms with E-state index in [4.69, 9.17) is 4.74 Å². The van der Waals surface area contributed by atoms with E-state index in [1.165, 1.54) is 24.3 Å². The zero-order valence-electron chi connectivity index (χ0n) is 15.0. The molecule has 0 bridgehead atoms. The van der Waals surface area contributed by atoms with Crippen molar-refractivity contribution in [3.05, 3.63) is 54.6 Å². The summed E-state index contributed by atoms with van der Waals surface area (Å²) in [5.74, 6) is -1.12. The van der Waals surface area contributed by atoms with Crippen molar-refractivity contribution in [1.82, 2.24) is 10.0 Å². The third kappa shape index (κ3) is 6.72. The van der Waals surface area contributed by atoms with Crippen LogP contribution in [0.5, 0.6) is 5.75 Å². The van der Waals surface area contributed by atoms with Gasteiger partial charge >= 0.3 is 0 Å². The summed E-state index contributed by atoms with van der Waals surface area (Å²) in [7, 11) is -3.94. The van der Waals surface area contributed by atoms with E-state index in [0.717, 1.165) is 6.92 Å². The van der Waals surface area contributed by atoms with Gasteiger partial charge in [0.25, 0.3) is 15.9 Å². The van der Waals surface area contributed by atoms with E-state index >= 15 is 0 Å². The van der Waals surface area contributed by atoms with E-state index in [9.17, 15) is 22.8 Å². The molecule has 0 fully saturated rings. The van der Waals surface area contributed by atoms with E-state index in [2.05, 4.69) is 10.6 Å². The molecule has 28 heavy (non-hydrogen) atoms. The van der Waals surface area contributed by atoms with Gasteiger partial charge in [0.1, 0.15) is 5.75 Å². The van der Waals surface area contributed by atoms with Crippen LogP contribution in [0.4, 0.5) is 5.69 Å². The van der Waals surface area contributed by atoms with Crippen LogP contribution >= 0.6 is 0 Å². The van der Waals surface area contributed by atoms with Crippen molar-refractivity contribution < 1.29 is 27.5 Å². The van der Waals surface area contributed by atoms with Crippen molar-refractivity contribution in [2.75, 3.05) is 18.5 Å². The summed E-state index contributed by atoms with van der Waals surface area (Å²) < 4.78 is 30.8. The average molecular weight is 405 g/mol. The van der Waals surface area contributed by atoms with E-state index in [-0.39, 0.29) is 18.0 Å². The second-order valence-electron chi connectivity index (χ2n) is 5.61. The molecule has 2 aromatic carbocycles. The molecule has 0 aromatic heterocycles. The topological polar surface area (TPSA) is 131 Å². The first-order valence-corrected chi connectivity index (χ1v) is 9.62. The molecule has 9 nitrogen and oxygen atoms in total. The summed E-state index contributed by atoms with van der Waals surface area (Å²) in [4.78, 5) is 34.4. The van der Waals surface area contributed by atoms with E-state index < -0.39 is 27.7 Å². The Balaban J connectivity index is 1.79. The number of carbonyl (C=O) groups excluding carboxylic acids is 3. The smallest absolute Gasteiger partial charge is 0.264 e. The Kier molecular flexibility index (Phi) is 7.10. The first-order valence-electron chi connectivity index (χ1n) is 8.14. The highest BCUT2D eigenvalue weighted by Crippen LogP contribution is 2.14. The summed E-state index contributed by atoms with van der Waals surface area (Å²) in [6.45, 7) is 0.585. The van der Waals surface area contributed by atoms with Crippen molar-refractivity contribution in [2.45, 2.75) is 11.8 Å². The Morgan fingerprint density at radius 2 is 1.57 bits per heavy atom. The fraction of sp³-hybridized carbons (Fsp3) is 0.167. The molecule has 0 atom stereocenters. The summed E-state index contributed by atoms with van der Waals surface area (Å²) >= 11 is 0. The van der Waals surface area contributed by atoms with Gasteiger partial charge in [-0.3, -0.25) is 14.4 Å². The highest BCUT2D eigenvalue weighted by molar-refractivity contribution is 7.90. The number of benzene rings is 2. The number of carbonyl (C=O) groups is 3. The molecule has 0 unspecified atom stereocenters. The van der Waals surface area contributed by atoms with Crippen LogP contribution in [0.2, 0.25) is 0 Å². The minimum absolute atomic E-state index is 0.118. The number of amides is 3. The fourth-order valence-corrected chi connectivity index (χ4v) is 3.06. The molecule has 0 heterocycles. The van der Waals surface area contributed by atoms with Gasteiger partial charge in [0, 0.05) is 12.6 Å². The van der Waals surface area contributed by atoms with Crippen molar-refractivity contribution in [3.63, 3.8) is 0 Å². The van der Waals surface area contributed by atoms with Crippen molar-refractivity contribution in [3.8, 4) is 5.75 Å². The largest absolute Gasteiger partial charge is 0.484 e. The third-order valence-electron chi connectivity index (χ3n) is 3.29. The molecular weight excluding hydrogens is 386 g/mol. The summed E-state index contributed by atoms with van der Waals surface area (Å²) in [6, 6.07) is 14.0. The highest BCUT2D eigenvalue weighted by Gasteiger charge is 2.15. The molecule has 2 rings (SSSR count). The lowest BCUT2D eigenvalue weighted by molar-refractivity contribution is -0.125. The molecule has 0 aliphatic rings. The first kappa shape index (κ1) is 20.9.